The zero-order chi connectivity index (χ0) is 17.9. The number of fused-ring (bicyclic) bond motifs is 1. The van der Waals surface area contributed by atoms with Crippen LogP contribution >= 0.6 is 12.0 Å². The first kappa shape index (κ1) is 17.1. The predicted molar refractivity (Wildman–Crippen MR) is 98.5 cm³/mol. The van der Waals surface area contributed by atoms with E-state index in [4.69, 9.17) is 8.75 Å². The molecule has 0 aliphatic carbocycles. The van der Waals surface area contributed by atoms with Gasteiger partial charge in [-0.3, -0.25) is 4.99 Å². The normalized spacial score (nSPS) is 21.5. The molecule has 2 aromatic rings. The highest BCUT2D eigenvalue weighted by Crippen LogP contribution is 2.38. The van der Waals surface area contributed by atoms with Crippen LogP contribution in [0.2, 0.25) is 0 Å². The Balaban J connectivity index is 1.63. The third-order valence-corrected chi connectivity index (χ3v) is 4.89. The lowest BCUT2D eigenvalue weighted by molar-refractivity contribution is -0.160. The summed E-state index contributed by atoms with van der Waals surface area (Å²) in [6, 6.07) is 10.3. The lowest BCUT2D eigenvalue weighted by Gasteiger charge is -2.29. The summed E-state index contributed by atoms with van der Waals surface area (Å²) in [7, 11) is 1.47. The number of hydrogen-bond acceptors (Lipinski definition) is 6. The van der Waals surface area contributed by atoms with E-state index in [0.29, 0.717) is 6.54 Å². The minimum atomic E-state index is -0.244. The average Bonchev–Trinajstić information content (AvgIpc) is 3.30. The standard InChI is InChI=1S/C19H17FN2O3S/c1-23-25-26-16-9-14-10-17(18-3-2-8-24-18)22(19(14)21-11-16)12-13-4-6-15(20)7-5-13/h2-11,16,19H,12H2,1H3. The van der Waals surface area contributed by atoms with Crippen LogP contribution in [-0.2, 0) is 15.8 Å². The van der Waals surface area contributed by atoms with Crippen LogP contribution in [0.3, 0.4) is 0 Å². The van der Waals surface area contributed by atoms with E-state index >= 15 is 0 Å². The maximum atomic E-state index is 13.2. The minimum absolute atomic E-state index is 0.0268. The van der Waals surface area contributed by atoms with Gasteiger partial charge in [-0.2, -0.15) is 4.33 Å². The Bertz CT molecular complexity index is 846. The fourth-order valence-corrected chi connectivity index (χ4v) is 3.56. The smallest absolute Gasteiger partial charge is 0.150 e. The van der Waals surface area contributed by atoms with Crippen molar-refractivity contribution in [1.29, 1.82) is 0 Å². The molecule has 0 fully saturated rings. The van der Waals surface area contributed by atoms with Gasteiger partial charge < -0.3 is 9.32 Å². The highest BCUT2D eigenvalue weighted by atomic mass is 32.2. The van der Waals surface area contributed by atoms with Gasteiger partial charge >= 0.3 is 0 Å². The molecular formula is C19H17FN2O3S. The minimum Gasteiger partial charge on any atom is -0.463 e. The molecule has 5 nitrogen and oxygen atoms in total. The van der Waals surface area contributed by atoms with E-state index in [0.717, 1.165) is 22.6 Å². The monoisotopic (exact) mass is 372 g/mol. The Morgan fingerprint density at radius 2 is 2.12 bits per heavy atom. The van der Waals surface area contributed by atoms with Crippen LogP contribution in [0.5, 0.6) is 0 Å². The molecule has 7 heteroatoms. The second-order valence-corrected chi connectivity index (χ2v) is 6.77. The molecule has 2 unspecified atom stereocenters. The summed E-state index contributed by atoms with van der Waals surface area (Å²) in [4.78, 5) is 11.5. The molecule has 0 bridgehead atoms. The molecule has 1 aromatic heterocycles. The molecule has 2 aliphatic rings. The van der Waals surface area contributed by atoms with Crippen molar-refractivity contribution in [1.82, 2.24) is 4.90 Å². The molecule has 0 saturated heterocycles. The highest BCUT2D eigenvalue weighted by Gasteiger charge is 2.34. The summed E-state index contributed by atoms with van der Waals surface area (Å²) in [6.45, 7) is 0.596. The van der Waals surface area contributed by atoms with E-state index in [2.05, 4.69) is 26.9 Å². The fourth-order valence-electron chi connectivity index (χ4n) is 3.06. The quantitative estimate of drug-likeness (QED) is 0.432. The van der Waals surface area contributed by atoms with Crippen molar-refractivity contribution in [2.75, 3.05) is 7.11 Å². The molecular weight excluding hydrogens is 355 g/mol. The number of aliphatic imine (C=N–C) groups is 1. The number of hydrogen-bond donors (Lipinski definition) is 0. The van der Waals surface area contributed by atoms with Crippen LogP contribution in [0.1, 0.15) is 11.3 Å². The van der Waals surface area contributed by atoms with Crippen LogP contribution < -0.4 is 0 Å². The van der Waals surface area contributed by atoms with Crippen LogP contribution in [0.15, 0.2) is 69.8 Å². The van der Waals surface area contributed by atoms with Crippen molar-refractivity contribution in [2.24, 2.45) is 4.99 Å². The van der Waals surface area contributed by atoms with Gasteiger partial charge in [0.15, 0.2) is 0 Å². The number of benzene rings is 1. The van der Waals surface area contributed by atoms with Gasteiger partial charge in [0, 0.05) is 24.8 Å². The van der Waals surface area contributed by atoms with E-state index < -0.39 is 0 Å². The third kappa shape index (κ3) is 3.46. The molecule has 0 radical (unpaired) electrons. The van der Waals surface area contributed by atoms with Crippen molar-refractivity contribution in [3.63, 3.8) is 0 Å². The van der Waals surface area contributed by atoms with Gasteiger partial charge in [0.2, 0.25) is 0 Å². The lowest BCUT2D eigenvalue weighted by Crippen LogP contribution is -2.31. The Morgan fingerprint density at radius 1 is 1.27 bits per heavy atom. The number of dihydropyridines is 1. The van der Waals surface area contributed by atoms with Crippen LogP contribution in [0.4, 0.5) is 4.39 Å². The predicted octanol–water partition coefficient (Wildman–Crippen LogP) is 4.21. The highest BCUT2D eigenvalue weighted by molar-refractivity contribution is 7.96. The summed E-state index contributed by atoms with van der Waals surface area (Å²) in [5, 5.41) is -0.0268. The van der Waals surface area contributed by atoms with Gasteiger partial charge in [-0.25, -0.2) is 9.28 Å². The van der Waals surface area contributed by atoms with Gasteiger partial charge in [0.25, 0.3) is 0 Å². The topological polar surface area (TPSA) is 47.2 Å². The van der Waals surface area contributed by atoms with Crippen molar-refractivity contribution in [3.05, 3.63) is 77.5 Å². The van der Waals surface area contributed by atoms with Crippen molar-refractivity contribution in [3.8, 4) is 0 Å². The SMILES string of the molecule is COOSC1C=NC2C(=C1)C=C(c1ccco1)N2Cc1ccc(F)cc1. The van der Waals surface area contributed by atoms with Crippen LogP contribution in [-0.4, -0.2) is 29.6 Å². The Labute approximate surface area is 154 Å². The molecule has 3 heterocycles. The van der Waals surface area contributed by atoms with Crippen LogP contribution in [0.25, 0.3) is 5.70 Å². The molecule has 0 saturated carbocycles. The Hall–Kier alpha value is -2.35. The zero-order valence-electron chi connectivity index (χ0n) is 14.0. The first-order chi connectivity index (χ1) is 12.7. The zero-order valence-corrected chi connectivity index (χ0v) is 14.9. The fraction of sp³-hybridized carbons (Fsp3) is 0.211. The van der Waals surface area contributed by atoms with E-state index in [9.17, 15) is 4.39 Å². The Kier molecular flexibility index (Phi) is 4.92. The van der Waals surface area contributed by atoms with Gasteiger partial charge in [-0.1, -0.05) is 18.2 Å². The maximum Gasteiger partial charge on any atom is 0.150 e. The van der Waals surface area contributed by atoms with E-state index in [1.54, 1.807) is 18.4 Å². The van der Waals surface area contributed by atoms with E-state index in [1.807, 2.05) is 18.3 Å². The summed E-state index contributed by atoms with van der Waals surface area (Å²) in [5.41, 5.74) is 3.02. The number of nitrogens with zero attached hydrogens (tertiary/aromatic N) is 2. The molecule has 2 atom stereocenters. The molecule has 4 rings (SSSR count). The van der Waals surface area contributed by atoms with Gasteiger partial charge in [-0.15, -0.1) is 0 Å². The second-order valence-electron chi connectivity index (χ2n) is 5.90. The largest absolute Gasteiger partial charge is 0.463 e. The summed E-state index contributed by atoms with van der Waals surface area (Å²) < 4.78 is 23.8. The van der Waals surface area contributed by atoms with Crippen molar-refractivity contribution < 1.29 is 18.0 Å². The molecule has 0 amide bonds. The van der Waals surface area contributed by atoms with E-state index in [1.165, 1.54) is 31.3 Å². The molecule has 2 aliphatic heterocycles. The number of halogens is 1. The first-order valence-corrected chi connectivity index (χ1v) is 8.93. The first-order valence-electron chi connectivity index (χ1n) is 8.12. The summed E-state index contributed by atoms with van der Waals surface area (Å²) >= 11 is 1.19. The second kappa shape index (κ2) is 7.49. The van der Waals surface area contributed by atoms with Gasteiger partial charge in [0.05, 0.1) is 24.3 Å². The maximum absolute atomic E-state index is 13.2. The summed E-state index contributed by atoms with van der Waals surface area (Å²) in [5.74, 6) is 0.529. The molecule has 1 aromatic carbocycles. The molecule has 0 spiro atoms. The van der Waals surface area contributed by atoms with Gasteiger partial charge in [-0.05, 0) is 41.5 Å². The van der Waals surface area contributed by atoms with Crippen molar-refractivity contribution in [2.45, 2.75) is 18.0 Å². The number of furan rings is 1. The molecule has 0 N–H and O–H groups in total. The Morgan fingerprint density at radius 3 is 2.85 bits per heavy atom. The summed E-state index contributed by atoms with van der Waals surface area (Å²) in [6.07, 6.45) is 7.52. The van der Waals surface area contributed by atoms with Crippen LogP contribution in [0, 0.1) is 5.82 Å². The number of rotatable bonds is 6. The van der Waals surface area contributed by atoms with Gasteiger partial charge in [0.1, 0.15) is 17.7 Å². The lowest BCUT2D eigenvalue weighted by atomic mass is 10.1. The van der Waals surface area contributed by atoms with E-state index in [-0.39, 0.29) is 17.2 Å². The average molecular weight is 372 g/mol. The molecule has 26 heavy (non-hydrogen) atoms. The third-order valence-electron chi connectivity index (χ3n) is 4.20. The molecule has 134 valence electrons. The van der Waals surface area contributed by atoms with Crippen molar-refractivity contribution >= 4 is 24.0 Å².